The molecule has 0 aliphatic carbocycles. The number of nitrogens with zero attached hydrogens (tertiary/aromatic N) is 2. The molecule has 0 aliphatic rings. The number of carbonyl (C=O) groups excluding carboxylic acids is 3. The highest BCUT2D eigenvalue weighted by atomic mass is 16.2. The Bertz CT molecular complexity index is 1030. The van der Waals surface area contributed by atoms with Crippen molar-refractivity contribution >= 4 is 29.1 Å². The predicted molar refractivity (Wildman–Crippen MR) is 114 cm³/mol. The van der Waals surface area contributed by atoms with Gasteiger partial charge in [-0.15, -0.1) is 0 Å². The van der Waals surface area contributed by atoms with Crippen LogP contribution in [0.15, 0.2) is 67.0 Å². The summed E-state index contributed by atoms with van der Waals surface area (Å²) in [6, 6.07) is 15.2. The van der Waals surface area contributed by atoms with Crippen molar-refractivity contribution in [1.82, 2.24) is 15.1 Å². The van der Waals surface area contributed by atoms with Gasteiger partial charge in [-0.05, 0) is 48.9 Å². The van der Waals surface area contributed by atoms with Gasteiger partial charge in [0.05, 0.1) is 0 Å². The minimum absolute atomic E-state index is 0.109. The lowest BCUT2D eigenvalue weighted by molar-refractivity contribution is -0.119. The molecule has 1 atom stereocenters. The molecule has 8 nitrogen and oxygen atoms in total. The van der Waals surface area contributed by atoms with Crippen molar-refractivity contribution in [3.63, 3.8) is 0 Å². The summed E-state index contributed by atoms with van der Waals surface area (Å²) in [6.45, 7) is 3.62. The summed E-state index contributed by atoms with van der Waals surface area (Å²) in [5.74, 6) is -0.589. The van der Waals surface area contributed by atoms with Gasteiger partial charge in [-0.25, -0.2) is 0 Å². The lowest BCUT2D eigenvalue weighted by atomic mass is 10.1. The number of benzene rings is 2. The largest absolute Gasteiger partial charge is 0.352 e. The average Bonchev–Trinajstić information content (AvgIpc) is 3.27. The molecule has 3 amide bonds. The van der Waals surface area contributed by atoms with E-state index in [0.29, 0.717) is 23.5 Å². The van der Waals surface area contributed by atoms with E-state index in [-0.39, 0.29) is 17.7 Å². The van der Waals surface area contributed by atoms with Gasteiger partial charge in [-0.3, -0.25) is 19.1 Å². The fourth-order valence-corrected chi connectivity index (χ4v) is 2.76. The topological polar surface area (TPSA) is 105 Å². The zero-order chi connectivity index (χ0) is 21.5. The summed E-state index contributed by atoms with van der Waals surface area (Å²) in [5, 5.41) is 12.4. The molecule has 0 saturated heterocycles. The summed E-state index contributed by atoms with van der Waals surface area (Å²) < 4.78 is 1.57. The lowest BCUT2D eigenvalue weighted by Crippen LogP contribution is -2.24. The number of anilines is 2. The van der Waals surface area contributed by atoms with Crippen LogP contribution in [-0.4, -0.2) is 27.5 Å². The van der Waals surface area contributed by atoms with E-state index in [1.54, 1.807) is 78.6 Å². The zero-order valence-corrected chi connectivity index (χ0v) is 16.8. The number of amides is 3. The molecular weight excluding hydrogens is 382 g/mol. The third-order valence-corrected chi connectivity index (χ3v) is 4.45. The monoisotopic (exact) mass is 405 g/mol. The van der Waals surface area contributed by atoms with E-state index < -0.39 is 6.04 Å². The molecule has 1 unspecified atom stereocenters. The molecule has 0 spiro atoms. The smallest absolute Gasteiger partial charge is 0.255 e. The molecule has 3 aromatic rings. The number of hydrogen-bond donors (Lipinski definition) is 3. The molecular formula is C22H23N5O3. The van der Waals surface area contributed by atoms with E-state index >= 15 is 0 Å². The maximum absolute atomic E-state index is 12.5. The Kier molecular flexibility index (Phi) is 6.59. The van der Waals surface area contributed by atoms with E-state index in [2.05, 4.69) is 21.0 Å². The molecule has 154 valence electrons. The van der Waals surface area contributed by atoms with Crippen LogP contribution in [0, 0.1) is 0 Å². The Morgan fingerprint density at radius 2 is 1.70 bits per heavy atom. The summed E-state index contributed by atoms with van der Waals surface area (Å²) >= 11 is 0. The number of nitrogens with one attached hydrogen (secondary N) is 3. The van der Waals surface area contributed by atoms with Crippen molar-refractivity contribution in [2.45, 2.75) is 26.4 Å². The summed E-state index contributed by atoms with van der Waals surface area (Å²) in [7, 11) is 0. The fourth-order valence-electron chi connectivity index (χ4n) is 2.76. The molecule has 8 heteroatoms. The summed E-state index contributed by atoms with van der Waals surface area (Å²) in [4.78, 5) is 35.9. The van der Waals surface area contributed by atoms with Crippen molar-refractivity contribution in [1.29, 1.82) is 0 Å². The average molecular weight is 405 g/mol. The molecule has 1 heterocycles. The maximum atomic E-state index is 12.5. The highest BCUT2D eigenvalue weighted by molar-refractivity contribution is 6.04. The molecule has 3 N–H and O–H groups in total. The number of carbonyl (C=O) groups is 3. The molecule has 30 heavy (non-hydrogen) atoms. The molecule has 1 aromatic heterocycles. The Morgan fingerprint density at radius 3 is 2.33 bits per heavy atom. The second kappa shape index (κ2) is 9.51. The van der Waals surface area contributed by atoms with Gasteiger partial charge >= 0.3 is 0 Å². The maximum Gasteiger partial charge on any atom is 0.255 e. The van der Waals surface area contributed by atoms with Crippen LogP contribution < -0.4 is 16.0 Å². The van der Waals surface area contributed by atoms with E-state index in [1.807, 2.05) is 0 Å². The van der Waals surface area contributed by atoms with E-state index in [0.717, 1.165) is 5.56 Å². The SMILES string of the molecule is CC(=O)NCc1ccc(C(=O)Nc2cccc(NC(=O)C(C)n3cccn3)c2)cc1. The summed E-state index contributed by atoms with van der Waals surface area (Å²) in [5.41, 5.74) is 2.52. The number of aromatic nitrogens is 2. The van der Waals surface area contributed by atoms with Gasteiger partial charge in [-0.1, -0.05) is 18.2 Å². The van der Waals surface area contributed by atoms with Crippen LogP contribution in [0.25, 0.3) is 0 Å². The Hall–Kier alpha value is -3.94. The molecule has 0 radical (unpaired) electrons. The number of hydrogen-bond acceptors (Lipinski definition) is 4. The van der Waals surface area contributed by atoms with Crippen LogP contribution >= 0.6 is 0 Å². The van der Waals surface area contributed by atoms with Crippen molar-refractivity contribution in [3.8, 4) is 0 Å². The minimum atomic E-state index is -0.464. The molecule has 0 aliphatic heterocycles. The third-order valence-electron chi connectivity index (χ3n) is 4.45. The van der Waals surface area contributed by atoms with E-state index in [1.165, 1.54) is 6.92 Å². The molecule has 2 aromatic carbocycles. The first-order chi connectivity index (χ1) is 14.4. The zero-order valence-electron chi connectivity index (χ0n) is 16.8. The van der Waals surface area contributed by atoms with Gasteiger partial charge in [-0.2, -0.15) is 5.10 Å². The molecule has 3 rings (SSSR count). The summed E-state index contributed by atoms with van der Waals surface area (Å²) in [6.07, 6.45) is 3.34. The first kappa shape index (κ1) is 20.8. The molecule has 0 saturated carbocycles. The van der Waals surface area contributed by atoms with Crippen LogP contribution in [0.2, 0.25) is 0 Å². The van der Waals surface area contributed by atoms with Crippen molar-refractivity contribution in [2.24, 2.45) is 0 Å². The first-order valence-corrected chi connectivity index (χ1v) is 9.47. The Morgan fingerprint density at radius 1 is 1.00 bits per heavy atom. The van der Waals surface area contributed by atoms with Crippen molar-refractivity contribution < 1.29 is 14.4 Å². The van der Waals surface area contributed by atoms with Gasteiger partial charge in [0, 0.05) is 42.8 Å². The van der Waals surface area contributed by atoms with Crippen LogP contribution in [0.4, 0.5) is 11.4 Å². The van der Waals surface area contributed by atoms with Gasteiger partial charge in [0.15, 0.2) is 0 Å². The lowest BCUT2D eigenvalue weighted by Gasteiger charge is -2.13. The van der Waals surface area contributed by atoms with Crippen LogP contribution in [-0.2, 0) is 16.1 Å². The minimum Gasteiger partial charge on any atom is -0.352 e. The highest BCUT2D eigenvalue weighted by Crippen LogP contribution is 2.18. The van der Waals surface area contributed by atoms with E-state index in [4.69, 9.17) is 0 Å². The second-order valence-corrected chi connectivity index (χ2v) is 6.79. The van der Waals surface area contributed by atoms with Crippen LogP contribution in [0.3, 0.4) is 0 Å². The van der Waals surface area contributed by atoms with Crippen molar-refractivity contribution in [2.75, 3.05) is 10.6 Å². The quantitative estimate of drug-likeness (QED) is 0.562. The van der Waals surface area contributed by atoms with Crippen molar-refractivity contribution in [3.05, 3.63) is 78.1 Å². The van der Waals surface area contributed by atoms with Crippen LogP contribution in [0.1, 0.15) is 35.8 Å². The van der Waals surface area contributed by atoms with Crippen LogP contribution in [0.5, 0.6) is 0 Å². The second-order valence-electron chi connectivity index (χ2n) is 6.79. The Labute approximate surface area is 174 Å². The fraction of sp³-hybridized carbons (Fsp3) is 0.182. The Balaban J connectivity index is 1.61. The molecule has 0 bridgehead atoms. The van der Waals surface area contributed by atoms with Gasteiger partial charge < -0.3 is 16.0 Å². The normalized spacial score (nSPS) is 11.4. The highest BCUT2D eigenvalue weighted by Gasteiger charge is 2.15. The standard InChI is InChI=1S/C22H23N5O3/c1-15(27-12-4-11-24-27)21(29)25-19-5-3-6-20(13-19)26-22(30)18-9-7-17(8-10-18)14-23-16(2)28/h3-13,15H,14H2,1-2H3,(H,23,28)(H,25,29)(H,26,30). The number of rotatable bonds is 7. The predicted octanol–water partition coefficient (Wildman–Crippen LogP) is 2.97. The molecule has 0 fully saturated rings. The van der Waals surface area contributed by atoms with Gasteiger partial charge in [0.1, 0.15) is 6.04 Å². The first-order valence-electron chi connectivity index (χ1n) is 9.47. The third kappa shape index (κ3) is 5.54. The van der Waals surface area contributed by atoms with Gasteiger partial charge in [0.25, 0.3) is 5.91 Å². The van der Waals surface area contributed by atoms with E-state index in [9.17, 15) is 14.4 Å². The van der Waals surface area contributed by atoms with Gasteiger partial charge in [0.2, 0.25) is 11.8 Å².